The van der Waals surface area contributed by atoms with Gasteiger partial charge in [-0.1, -0.05) is 37.3 Å². The van der Waals surface area contributed by atoms with Crippen LogP contribution in [0.15, 0.2) is 36.7 Å². The molecule has 0 aliphatic rings. The summed E-state index contributed by atoms with van der Waals surface area (Å²) >= 11 is 1.67. The van der Waals surface area contributed by atoms with Crippen LogP contribution in [0, 0.1) is 6.92 Å². The molecule has 1 unspecified atom stereocenters. The Labute approximate surface area is 157 Å². The number of amides is 1. The van der Waals surface area contributed by atoms with Crippen LogP contribution in [0.4, 0.5) is 5.82 Å². The number of rotatable bonds is 7. The van der Waals surface area contributed by atoms with Crippen molar-refractivity contribution in [3.05, 3.63) is 41.5 Å². The SMILES string of the molecule is CCC(C)NC(=O)CCNc1ncnc2sc(C)c(-c3ccccc3)c12. The van der Waals surface area contributed by atoms with Gasteiger partial charge >= 0.3 is 0 Å². The van der Waals surface area contributed by atoms with Crippen molar-refractivity contribution in [3.63, 3.8) is 0 Å². The van der Waals surface area contributed by atoms with Crippen LogP contribution in [0.1, 0.15) is 31.6 Å². The monoisotopic (exact) mass is 368 g/mol. The minimum Gasteiger partial charge on any atom is -0.369 e. The van der Waals surface area contributed by atoms with Crippen LogP contribution in [-0.2, 0) is 4.79 Å². The zero-order chi connectivity index (χ0) is 18.5. The number of aromatic nitrogens is 2. The molecular formula is C20H24N4OS. The van der Waals surface area contributed by atoms with Crippen molar-refractivity contribution in [2.75, 3.05) is 11.9 Å². The summed E-state index contributed by atoms with van der Waals surface area (Å²) in [5.74, 6) is 0.844. The summed E-state index contributed by atoms with van der Waals surface area (Å²) < 4.78 is 0. The van der Waals surface area contributed by atoms with Gasteiger partial charge in [0.25, 0.3) is 0 Å². The summed E-state index contributed by atoms with van der Waals surface area (Å²) in [6, 6.07) is 10.5. The van der Waals surface area contributed by atoms with Crippen molar-refractivity contribution in [1.82, 2.24) is 15.3 Å². The van der Waals surface area contributed by atoms with E-state index in [9.17, 15) is 4.79 Å². The summed E-state index contributed by atoms with van der Waals surface area (Å²) in [6.45, 7) is 6.72. The van der Waals surface area contributed by atoms with Crippen molar-refractivity contribution in [2.24, 2.45) is 0 Å². The van der Waals surface area contributed by atoms with Gasteiger partial charge in [-0.05, 0) is 25.8 Å². The quantitative estimate of drug-likeness (QED) is 0.649. The Balaban J connectivity index is 1.82. The van der Waals surface area contributed by atoms with E-state index >= 15 is 0 Å². The molecule has 136 valence electrons. The van der Waals surface area contributed by atoms with E-state index in [1.807, 2.05) is 25.1 Å². The first-order valence-corrected chi connectivity index (χ1v) is 9.74. The maximum absolute atomic E-state index is 12.0. The highest BCUT2D eigenvalue weighted by atomic mass is 32.1. The molecule has 0 radical (unpaired) electrons. The number of carbonyl (C=O) groups is 1. The molecule has 0 aliphatic heterocycles. The molecule has 0 spiro atoms. The van der Waals surface area contributed by atoms with Gasteiger partial charge in [-0.25, -0.2) is 9.97 Å². The minimum absolute atomic E-state index is 0.0573. The highest BCUT2D eigenvalue weighted by Gasteiger charge is 2.16. The molecule has 2 heterocycles. The van der Waals surface area contributed by atoms with Crippen LogP contribution in [0.5, 0.6) is 0 Å². The Morgan fingerprint density at radius 2 is 2.00 bits per heavy atom. The Bertz CT molecular complexity index is 891. The molecule has 1 amide bonds. The van der Waals surface area contributed by atoms with Crippen molar-refractivity contribution >= 4 is 33.3 Å². The topological polar surface area (TPSA) is 66.9 Å². The summed E-state index contributed by atoms with van der Waals surface area (Å²) in [4.78, 5) is 23.0. The predicted octanol–water partition coefficient (Wildman–Crippen LogP) is 4.38. The fraction of sp³-hybridized carbons (Fsp3) is 0.350. The maximum atomic E-state index is 12.0. The predicted molar refractivity (Wildman–Crippen MR) is 109 cm³/mol. The minimum atomic E-state index is 0.0573. The molecule has 0 saturated heterocycles. The molecule has 0 bridgehead atoms. The lowest BCUT2D eigenvalue weighted by Gasteiger charge is -2.12. The van der Waals surface area contributed by atoms with E-state index in [1.165, 1.54) is 4.88 Å². The number of nitrogens with zero attached hydrogens (tertiary/aromatic N) is 2. The first-order valence-electron chi connectivity index (χ1n) is 8.93. The van der Waals surface area contributed by atoms with E-state index in [0.717, 1.165) is 33.6 Å². The highest BCUT2D eigenvalue weighted by molar-refractivity contribution is 7.19. The molecule has 0 aliphatic carbocycles. The van der Waals surface area contributed by atoms with Gasteiger partial charge in [0.1, 0.15) is 17.0 Å². The summed E-state index contributed by atoms with van der Waals surface area (Å²) in [5, 5.41) is 7.34. The fourth-order valence-corrected chi connectivity index (χ4v) is 3.89. The first kappa shape index (κ1) is 18.3. The molecule has 0 fully saturated rings. The largest absolute Gasteiger partial charge is 0.369 e. The van der Waals surface area contributed by atoms with Gasteiger partial charge in [-0.3, -0.25) is 4.79 Å². The molecule has 3 rings (SSSR count). The number of carbonyl (C=O) groups excluding carboxylic acids is 1. The summed E-state index contributed by atoms with van der Waals surface area (Å²) in [6.07, 6.45) is 2.93. The lowest BCUT2D eigenvalue weighted by atomic mass is 10.0. The standard InChI is InChI=1S/C20H24N4OS/c1-4-13(2)24-16(25)10-11-21-19-18-17(15-8-6-5-7-9-15)14(3)26-20(18)23-12-22-19/h5-9,12-13H,4,10-11H2,1-3H3,(H,24,25)(H,21,22,23). The van der Waals surface area contributed by atoms with Crippen LogP contribution >= 0.6 is 11.3 Å². The molecule has 0 saturated carbocycles. The Morgan fingerprint density at radius 1 is 1.23 bits per heavy atom. The molecule has 2 N–H and O–H groups in total. The van der Waals surface area contributed by atoms with E-state index in [-0.39, 0.29) is 11.9 Å². The van der Waals surface area contributed by atoms with E-state index in [1.54, 1.807) is 17.7 Å². The van der Waals surface area contributed by atoms with Crippen molar-refractivity contribution in [2.45, 2.75) is 39.7 Å². The summed E-state index contributed by atoms with van der Waals surface area (Å²) in [7, 11) is 0. The highest BCUT2D eigenvalue weighted by Crippen LogP contribution is 2.40. The molecule has 26 heavy (non-hydrogen) atoms. The molecule has 2 aromatic heterocycles. The fourth-order valence-electron chi connectivity index (χ4n) is 2.87. The average molecular weight is 369 g/mol. The number of fused-ring (bicyclic) bond motifs is 1. The number of benzene rings is 1. The number of hydrogen-bond donors (Lipinski definition) is 2. The summed E-state index contributed by atoms with van der Waals surface area (Å²) in [5.41, 5.74) is 2.32. The number of hydrogen-bond acceptors (Lipinski definition) is 5. The number of anilines is 1. The van der Waals surface area contributed by atoms with Crippen LogP contribution in [0.2, 0.25) is 0 Å². The van der Waals surface area contributed by atoms with Crippen LogP contribution in [0.25, 0.3) is 21.3 Å². The van der Waals surface area contributed by atoms with Gasteiger partial charge in [0.05, 0.1) is 5.39 Å². The Kier molecular flexibility index (Phi) is 5.83. The third-order valence-corrected chi connectivity index (χ3v) is 5.40. The molecule has 1 aromatic carbocycles. The van der Waals surface area contributed by atoms with Crippen molar-refractivity contribution in [3.8, 4) is 11.1 Å². The van der Waals surface area contributed by atoms with Crippen molar-refractivity contribution < 1.29 is 4.79 Å². The third kappa shape index (κ3) is 4.02. The zero-order valence-electron chi connectivity index (χ0n) is 15.4. The van der Waals surface area contributed by atoms with Gasteiger partial charge < -0.3 is 10.6 Å². The van der Waals surface area contributed by atoms with Crippen LogP contribution < -0.4 is 10.6 Å². The lowest BCUT2D eigenvalue weighted by Crippen LogP contribution is -2.33. The second-order valence-corrected chi connectivity index (χ2v) is 7.56. The van der Waals surface area contributed by atoms with E-state index in [4.69, 9.17) is 0 Å². The van der Waals surface area contributed by atoms with Gasteiger partial charge in [-0.2, -0.15) is 0 Å². The Hall–Kier alpha value is -2.47. The number of aryl methyl sites for hydroxylation is 1. The smallest absolute Gasteiger partial charge is 0.221 e. The molecule has 6 heteroatoms. The molecule has 3 aromatic rings. The van der Waals surface area contributed by atoms with Gasteiger partial charge in [0.2, 0.25) is 5.91 Å². The van der Waals surface area contributed by atoms with Gasteiger partial charge in [-0.15, -0.1) is 11.3 Å². The first-order chi connectivity index (χ1) is 12.6. The average Bonchev–Trinajstić information content (AvgIpc) is 2.99. The van der Waals surface area contributed by atoms with E-state index < -0.39 is 0 Å². The van der Waals surface area contributed by atoms with Crippen LogP contribution in [-0.4, -0.2) is 28.5 Å². The van der Waals surface area contributed by atoms with Gasteiger partial charge in [0.15, 0.2) is 0 Å². The van der Waals surface area contributed by atoms with E-state index in [0.29, 0.717) is 13.0 Å². The van der Waals surface area contributed by atoms with E-state index in [2.05, 4.69) is 46.6 Å². The molecular weight excluding hydrogens is 344 g/mol. The van der Waals surface area contributed by atoms with Gasteiger partial charge in [0, 0.05) is 29.4 Å². The zero-order valence-corrected chi connectivity index (χ0v) is 16.2. The second-order valence-electron chi connectivity index (χ2n) is 6.36. The number of thiophene rings is 1. The maximum Gasteiger partial charge on any atom is 0.221 e. The van der Waals surface area contributed by atoms with Crippen LogP contribution in [0.3, 0.4) is 0 Å². The molecule has 5 nitrogen and oxygen atoms in total. The normalized spacial score (nSPS) is 12.1. The second kappa shape index (κ2) is 8.27. The number of nitrogens with one attached hydrogen (secondary N) is 2. The molecule has 1 atom stereocenters. The lowest BCUT2D eigenvalue weighted by molar-refractivity contribution is -0.121. The van der Waals surface area contributed by atoms with Crippen molar-refractivity contribution in [1.29, 1.82) is 0 Å². The third-order valence-electron chi connectivity index (χ3n) is 4.39. The Morgan fingerprint density at radius 3 is 2.73 bits per heavy atom.